The Balaban J connectivity index is 0.000000239. The number of benzene rings is 4. The highest BCUT2D eigenvalue weighted by Crippen LogP contribution is 2.40. The van der Waals surface area contributed by atoms with E-state index in [4.69, 9.17) is 44.1 Å². The number of hydrogen-bond acceptors (Lipinski definition) is 17. The van der Waals surface area contributed by atoms with Crippen molar-refractivity contribution in [2.75, 3.05) is 13.2 Å². The Morgan fingerprint density at radius 2 is 0.810 bits per heavy atom. The maximum atomic E-state index is 15.0. The fraction of sp³-hybridized carbons (Fsp3) is 0.341. The summed E-state index contributed by atoms with van der Waals surface area (Å²) in [6, 6.07) is 24.2. The second kappa shape index (κ2) is 23.3. The molecule has 0 radical (unpaired) electrons. The van der Waals surface area contributed by atoms with Crippen LogP contribution in [0.1, 0.15) is 70.6 Å². The molecular weight excluding hydrogens is 871 g/mol. The number of carbonyl (C=O) groups is 5. The summed E-state index contributed by atoms with van der Waals surface area (Å²) in [7, 11) is 0. The van der Waals surface area contributed by atoms with E-state index in [1.807, 2.05) is 0 Å². The predicted molar refractivity (Wildman–Crippen MR) is 223 cm³/mol. The van der Waals surface area contributed by atoms with Gasteiger partial charge in [0.25, 0.3) is 0 Å². The Kier molecular flexibility index (Phi) is 18.0. The number of carbonyl (C=O) groups excluding carboxylic acids is 5. The molecule has 8 atom stereocenters. The van der Waals surface area contributed by atoms with Crippen molar-refractivity contribution in [2.45, 2.75) is 79.3 Å². The van der Waals surface area contributed by atoms with Gasteiger partial charge in [-0.15, -0.1) is 23.5 Å². The standard InChI is InChI=1S/C23H23FO8S.C21H21FO7S/c1-13(27)31-23-19(24)20(32-22(29)17-8-4-15(11-26)5-9-17)18(33-23)12-30-21(28)16-6-2-14(10-25)3-7-16;22-17-18(29-20(26)15-7-3-13(10-24)4-8-15)16(30-21(17)27)11-28-19(25)14-5-1-12(9-23)2-6-14/h2-9,18-20,23,25-26H,10-12H2,1H3;1-8,16-18,21,23-24,27H,9-11H2/t18-,19+,20-,23-;16-,17+,18-,21?/m11/s1. The first-order chi connectivity index (χ1) is 30.2. The molecule has 5 N–H and O–H groups in total. The van der Waals surface area contributed by atoms with Gasteiger partial charge >= 0.3 is 29.8 Å². The van der Waals surface area contributed by atoms with Gasteiger partial charge in [-0.25, -0.2) is 28.0 Å². The fourth-order valence-electron chi connectivity index (χ4n) is 6.04. The van der Waals surface area contributed by atoms with Crippen molar-refractivity contribution in [3.8, 4) is 0 Å². The number of hydrogen-bond donors (Lipinski definition) is 5. The molecule has 0 spiro atoms. The predicted octanol–water partition coefficient (Wildman–Crippen LogP) is 4.22. The van der Waals surface area contributed by atoms with Gasteiger partial charge in [-0.1, -0.05) is 48.5 Å². The normalized spacial score (nSPS) is 22.5. The van der Waals surface area contributed by atoms with Gasteiger partial charge in [0.1, 0.15) is 18.6 Å². The van der Waals surface area contributed by atoms with Crippen molar-refractivity contribution in [1.82, 2.24) is 0 Å². The number of ether oxygens (including phenoxy) is 5. The number of halogens is 2. The lowest BCUT2D eigenvalue weighted by Gasteiger charge is -2.20. The summed E-state index contributed by atoms with van der Waals surface area (Å²) in [5.74, 6) is -3.59. The van der Waals surface area contributed by atoms with E-state index in [9.17, 15) is 33.5 Å². The molecule has 63 heavy (non-hydrogen) atoms. The van der Waals surface area contributed by atoms with Crippen LogP contribution < -0.4 is 0 Å². The maximum absolute atomic E-state index is 15.0. The van der Waals surface area contributed by atoms with Gasteiger partial charge < -0.3 is 49.2 Å². The Morgan fingerprint density at radius 3 is 1.14 bits per heavy atom. The van der Waals surface area contributed by atoms with Crippen molar-refractivity contribution in [1.29, 1.82) is 0 Å². The van der Waals surface area contributed by atoms with Crippen LogP contribution in [-0.4, -0.2) is 115 Å². The molecule has 6 rings (SSSR count). The topological polar surface area (TPSA) is 233 Å². The van der Waals surface area contributed by atoms with Crippen molar-refractivity contribution >= 4 is 53.4 Å². The number of aliphatic hydroxyl groups excluding tert-OH is 5. The molecule has 4 aromatic carbocycles. The quantitative estimate of drug-likeness (QED) is 0.0830. The van der Waals surface area contributed by atoms with Crippen LogP contribution in [0.25, 0.3) is 0 Å². The summed E-state index contributed by atoms with van der Waals surface area (Å²) < 4.78 is 55.5. The van der Waals surface area contributed by atoms with Gasteiger partial charge in [-0.05, 0) is 70.8 Å². The maximum Gasteiger partial charge on any atom is 0.338 e. The Bertz CT molecular complexity index is 2160. The highest BCUT2D eigenvalue weighted by atomic mass is 32.2. The van der Waals surface area contributed by atoms with Crippen molar-refractivity contribution in [2.24, 2.45) is 0 Å². The molecule has 19 heteroatoms. The summed E-state index contributed by atoms with van der Waals surface area (Å²) >= 11 is 1.73. The first kappa shape index (κ1) is 48.6. The first-order valence-corrected chi connectivity index (χ1v) is 21.1. The van der Waals surface area contributed by atoms with Crippen LogP contribution in [0.15, 0.2) is 97.1 Å². The molecule has 2 fully saturated rings. The van der Waals surface area contributed by atoms with Crippen LogP contribution in [0.2, 0.25) is 0 Å². The van der Waals surface area contributed by atoms with Gasteiger partial charge in [0.2, 0.25) is 0 Å². The monoisotopic (exact) mass is 914 g/mol. The smallest absolute Gasteiger partial charge is 0.338 e. The van der Waals surface area contributed by atoms with Crippen LogP contribution in [0, 0.1) is 0 Å². The Labute approximate surface area is 368 Å². The summed E-state index contributed by atoms with van der Waals surface area (Å²) in [6.07, 6.45) is -6.27. The molecule has 15 nitrogen and oxygen atoms in total. The zero-order valence-electron chi connectivity index (χ0n) is 33.5. The Hall–Kier alpha value is -5.41. The fourth-order valence-corrected chi connectivity index (χ4v) is 8.56. The zero-order chi connectivity index (χ0) is 45.6. The molecule has 2 heterocycles. The lowest BCUT2D eigenvalue weighted by Crippen LogP contribution is -2.37. The van der Waals surface area contributed by atoms with Gasteiger partial charge in [0.05, 0.1) is 59.2 Å². The minimum atomic E-state index is -1.83. The van der Waals surface area contributed by atoms with E-state index in [0.717, 1.165) is 30.4 Å². The minimum absolute atomic E-state index is 0.153. The highest BCUT2D eigenvalue weighted by molar-refractivity contribution is 8.01. The van der Waals surface area contributed by atoms with E-state index < -0.39 is 75.8 Å². The van der Waals surface area contributed by atoms with Gasteiger partial charge in [0.15, 0.2) is 30.0 Å². The average molecular weight is 915 g/mol. The number of rotatable bonds is 15. The van der Waals surface area contributed by atoms with Crippen molar-refractivity contribution in [3.05, 3.63) is 142 Å². The zero-order valence-corrected chi connectivity index (χ0v) is 35.1. The van der Waals surface area contributed by atoms with Crippen LogP contribution in [-0.2, 0) is 54.9 Å². The summed E-state index contributed by atoms with van der Waals surface area (Å²) in [4.78, 5) is 60.8. The number of thioether (sulfide) groups is 2. The minimum Gasteiger partial charge on any atom is -0.461 e. The molecule has 0 amide bonds. The molecule has 1 unspecified atom stereocenters. The van der Waals surface area contributed by atoms with Crippen LogP contribution in [0.4, 0.5) is 8.78 Å². The lowest BCUT2D eigenvalue weighted by atomic mass is 10.1. The number of esters is 5. The third-order valence-corrected chi connectivity index (χ3v) is 12.2. The molecule has 2 saturated heterocycles. The van der Waals surface area contributed by atoms with Crippen LogP contribution in [0.5, 0.6) is 0 Å². The lowest BCUT2D eigenvalue weighted by molar-refractivity contribution is -0.145. The van der Waals surface area contributed by atoms with E-state index in [2.05, 4.69) is 0 Å². The van der Waals surface area contributed by atoms with E-state index in [1.54, 1.807) is 36.4 Å². The summed E-state index contributed by atoms with van der Waals surface area (Å²) in [5, 5.41) is 44.6. The van der Waals surface area contributed by atoms with E-state index >= 15 is 4.39 Å². The van der Waals surface area contributed by atoms with Gasteiger partial charge in [0, 0.05) is 6.92 Å². The van der Waals surface area contributed by atoms with E-state index in [1.165, 1.54) is 60.7 Å². The molecule has 0 bridgehead atoms. The average Bonchev–Trinajstić information content (AvgIpc) is 3.74. The summed E-state index contributed by atoms with van der Waals surface area (Å²) in [5.41, 5.74) is 0.659. The second-order valence-electron chi connectivity index (χ2n) is 14.0. The van der Waals surface area contributed by atoms with E-state index in [0.29, 0.717) is 22.3 Å². The number of alkyl halides is 2. The molecule has 2 aliphatic rings. The van der Waals surface area contributed by atoms with E-state index in [-0.39, 0.29) is 61.9 Å². The molecule has 4 aromatic rings. The van der Waals surface area contributed by atoms with Crippen LogP contribution in [0.3, 0.4) is 0 Å². The largest absolute Gasteiger partial charge is 0.461 e. The molecule has 0 saturated carbocycles. The highest BCUT2D eigenvalue weighted by Gasteiger charge is 2.50. The summed E-state index contributed by atoms with van der Waals surface area (Å²) in [6.45, 7) is -0.0981. The van der Waals surface area contributed by atoms with Gasteiger partial charge in [-0.3, -0.25) is 4.79 Å². The molecule has 2 aliphatic heterocycles. The van der Waals surface area contributed by atoms with Crippen molar-refractivity contribution < 1.29 is 82.0 Å². The first-order valence-electron chi connectivity index (χ1n) is 19.2. The molecule has 0 aromatic heterocycles. The molecular formula is C44H44F2O15S2. The third kappa shape index (κ3) is 13.3. The van der Waals surface area contributed by atoms with Crippen LogP contribution >= 0.6 is 23.5 Å². The van der Waals surface area contributed by atoms with Crippen molar-refractivity contribution in [3.63, 3.8) is 0 Å². The van der Waals surface area contributed by atoms with Gasteiger partial charge in [-0.2, -0.15) is 0 Å². The molecule has 336 valence electrons. The second-order valence-corrected chi connectivity index (χ2v) is 16.7. The Morgan fingerprint density at radius 1 is 0.492 bits per heavy atom. The third-order valence-electron chi connectivity index (χ3n) is 9.53. The number of aliphatic hydroxyl groups is 5. The molecule has 0 aliphatic carbocycles. The SMILES string of the molecule is CC(=O)O[C@@H]1S[C@H](COC(=O)c2ccc(CO)cc2)[C@@H](OC(=O)c2ccc(CO)cc2)[C@@H]1F.O=C(OC[C@H]1SC(O)[C@@H](F)[C@@H]1OC(=O)c1ccc(CO)cc1)c1ccc(CO)cc1.